The summed E-state index contributed by atoms with van der Waals surface area (Å²) < 4.78 is 9.61. The predicted molar refractivity (Wildman–Crippen MR) is 135 cm³/mol. The van der Waals surface area contributed by atoms with Crippen molar-refractivity contribution in [3.8, 4) is 28.9 Å². The van der Waals surface area contributed by atoms with E-state index in [2.05, 4.69) is 11.1 Å². The van der Waals surface area contributed by atoms with Crippen molar-refractivity contribution in [1.82, 2.24) is 24.3 Å². The highest BCUT2D eigenvalue weighted by Gasteiger charge is 2.29. The van der Waals surface area contributed by atoms with Crippen molar-refractivity contribution in [3.63, 3.8) is 0 Å². The van der Waals surface area contributed by atoms with E-state index in [1.165, 1.54) is 0 Å². The Hall–Kier alpha value is -3.63. The molecule has 0 saturated carbocycles. The Bertz CT molecular complexity index is 1440. The van der Waals surface area contributed by atoms with Crippen LogP contribution in [0, 0.1) is 18.3 Å². The summed E-state index contributed by atoms with van der Waals surface area (Å²) in [6.07, 6.45) is 5.67. The SMILES string of the molecule is COc1cc(-c2nc3n(n2)CCC[C@@H]3c2ccc(C(C)(C)C#N)cc2Cl)ccc1-n1cnc(C)c1. The zero-order chi connectivity index (χ0) is 24.7. The van der Waals surface area contributed by atoms with Gasteiger partial charge in [-0.1, -0.05) is 23.7 Å². The van der Waals surface area contributed by atoms with Crippen molar-refractivity contribution >= 4 is 11.6 Å². The van der Waals surface area contributed by atoms with Crippen LogP contribution in [-0.2, 0) is 12.0 Å². The molecule has 1 aliphatic rings. The fraction of sp³-hybridized carbons (Fsp3) is 0.333. The number of hydrogen-bond acceptors (Lipinski definition) is 5. The monoisotopic (exact) mass is 486 g/mol. The van der Waals surface area contributed by atoms with Gasteiger partial charge in [-0.25, -0.2) is 14.6 Å². The molecule has 5 rings (SSSR count). The first-order valence-corrected chi connectivity index (χ1v) is 12.0. The van der Waals surface area contributed by atoms with Crippen molar-refractivity contribution in [2.24, 2.45) is 0 Å². The number of methoxy groups -OCH3 is 1. The third-order valence-electron chi connectivity index (χ3n) is 6.68. The molecule has 0 radical (unpaired) electrons. The average Bonchev–Trinajstić information content (AvgIpc) is 3.50. The molecule has 2 aromatic heterocycles. The number of fused-ring (bicyclic) bond motifs is 1. The Morgan fingerprint density at radius 1 is 1.20 bits per heavy atom. The van der Waals surface area contributed by atoms with Gasteiger partial charge in [-0.3, -0.25) is 0 Å². The lowest BCUT2D eigenvalue weighted by Gasteiger charge is -2.24. The summed E-state index contributed by atoms with van der Waals surface area (Å²) in [5.41, 5.74) is 4.07. The van der Waals surface area contributed by atoms with Gasteiger partial charge in [0.1, 0.15) is 11.6 Å². The lowest BCUT2D eigenvalue weighted by atomic mass is 9.84. The van der Waals surface area contributed by atoms with Crippen molar-refractivity contribution in [2.75, 3.05) is 7.11 Å². The predicted octanol–water partition coefficient (Wildman–Crippen LogP) is 5.83. The Balaban J connectivity index is 1.50. The second-order valence-corrected chi connectivity index (χ2v) is 9.90. The Kier molecular flexibility index (Phi) is 5.86. The van der Waals surface area contributed by atoms with Gasteiger partial charge in [0.15, 0.2) is 5.82 Å². The molecule has 0 unspecified atom stereocenters. The van der Waals surface area contributed by atoms with Crippen molar-refractivity contribution < 1.29 is 4.74 Å². The number of aryl methyl sites for hydroxylation is 2. The van der Waals surface area contributed by atoms with E-state index in [0.717, 1.165) is 59.0 Å². The second kappa shape index (κ2) is 8.86. The maximum absolute atomic E-state index is 9.49. The van der Waals surface area contributed by atoms with Crippen LogP contribution in [0.1, 0.15) is 55.3 Å². The van der Waals surface area contributed by atoms with Crippen LogP contribution in [0.2, 0.25) is 5.02 Å². The summed E-state index contributed by atoms with van der Waals surface area (Å²) in [7, 11) is 1.66. The molecule has 4 aromatic rings. The van der Waals surface area contributed by atoms with Crippen LogP contribution in [-0.4, -0.2) is 31.4 Å². The summed E-state index contributed by atoms with van der Waals surface area (Å²) in [5.74, 6) is 2.35. The van der Waals surface area contributed by atoms with Gasteiger partial charge in [0, 0.05) is 29.2 Å². The molecule has 0 saturated heterocycles. The summed E-state index contributed by atoms with van der Waals surface area (Å²) in [5, 5.41) is 15.0. The van der Waals surface area contributed by atoms with E-state index in [0.29, 0.717) is 10.8 Å². The molecule has 0 N–H and O–H groups in total. The number of hydrogen-bond donors (Lipinski definition) is 0. The van der Waals surface area contributed by atoms with Crippen LogP contribution in [0.15, 0.2) is 48.9 Å². The van der Waals surface area contributed by atoms with Gasteiger partial charge in [0.2, 0.25) is 0 Å². The van der Waals surface area contributed by atoms with Crippen molar-refractivity contribution in [2.45, 2.75) is 51.5 Å². The standard InChI is InChI=1S/C27H27ClN6O/c1-17-14-33(16-30-17)23-10-7-18(12-24(23)35-4)25-31-26-21(6-5-11-34(26)32-25)20-9-8-19(13-22(20)28)27(2,3)15-29/h7-10,12-14,16,21H,5-6,11H2,1-4H3/t21-/m1/s1. The molecule has 1 aliphatic heterocycles. The number of ether oxygens (including phenoxy) is 1. The topological polar surface area (TPSA) is 81.5 Å². The van der Waals surface area contributed by atoms with Crippen molar-refractivity contribution in [1.29, 1.82) is 5.26 Å². The first-order valence-electron chi connectivity index (χ1n) is 11.7. The van der Waals surface area contributed by atoms with Gasteiger partial charge in [-0.2, -0.15) is 10.4 Å². The molecular weight excluding hydrogens is 460 g/mol. The lowest BCUT2D eigenvalue weighted by Crippen LogP contribution is -2.19. The summed E-state index contributed by atoms with van der Waals surface area (Å²) in [6, 6.07) is 14.3. The fourth-order valence-electron chi connectivity index (χ4n) is 4.61. The largest absolute Gasteiger partial charge is 0.495 e. The molecule has 7 nitrogen and oxygen atoms in total. The van der Waals surface area contributed by atoms with E-state index in [1.54, 1.807) is 13.4 Å². The molecule has 0 spiro atoms. The summed E-state index contributed by atoms with van der Waals surface area (Å²) >= 11 is 6.74. The minimum Gasteiger partial charge on any atom is -0.495 e. The highest BCUT2D eigenvalue weighted by Crippen LogP contribution is 2.39. The third kappa shape index (κ3) is 4.19. The van der Waals surface area contributed by atoms with Gasteiger partial charge in [0.25, 0.3) is 0 Å². The molecule has 2 aromatic carbocycles. The molecule has 35 heavy (non-hydrogen) atoms. The molecule has 1 atom stereocenters. The van der Waals surface area contributed by atoms with E-state index in [9.17, 15) is 5.26 Å². The number of imidazole rings is 1. The molecule has 178 valence electrons. The second-order valence-electron chi connectivity index (χ2n) is 9.49. The minimum atomic E-state index is -0.595. The maximum Gasteiger partial charge on any atom is 0.181 e. The number of halogens is 1. The number of nitrogens with zero attached hydrogens (tertiary/aromatic N) is 6. The molecule has 0 aliphatic carbocycles. The van der Waals surface area contributed by atoms with Crippen LogP contribution in [0.3, 0.4) is 0 Å². The van der Waals surface area contributed by atoms with E-state index in [1.807, 2.05) is 72.6 Å². The first-order chi connectivity index (χ1) is 16.8. The maximum atomic E-state index is 9.49. The van der Waals surface area contributed by atoms with Gasteiger partial charge >= 0.3 is 0 Å². The zero-order valence-corrected chi connectivity index (χ0v) is 21.0. The smallest absolute Gasteiger partial charge is 0.181 e. The van der Waals surface area contributed by atoms with E-state index in [4.69, 9.17) is 26.4 Å². The third-order valence-corrected chi connectivity index (χ3v) is 7.01. The van der Waals surface area contributed by atoms with Crippen LogP contribution >= 0.6 is 11.6 Å². The van der Waals surface area contributed by atoms with E-state index in [-0.39, 0.29) is 5.92 Å². The van der Waals surface area contributed by atoms with Crippen LogP contribution in [0.25, 0.3) is 17.1 Å². The zero-order valence-electron chi connectivity index (χ0n) is 20.3. The van der Waals surface area contributed by atoms with Gasteiger partial charge in [-0.15, -0.1) is 0 Å². The van der Waals surface area contributed by atoms with Gasteiger partial charge in [-0.05, 0) is 69.0 Å². The number of rotatable bonds is 5. The molecule has 0 bridgehead atoms. The number of aromatic nitrogens is 5. The minimum absolute atomic E-state index is 0.0480. The summed E-state index contributed by atoms with van der Waals surface area (Å²) in [6.45, 7) is 6.57. The average molecular weight is 487 g/mol. The first kappa shape index (κ1) is 23.1. The highest BCUT2D eigenvalue weighted by molar-refractivity contribution is 6.31. The van der Waals surface area contributed by atoms with Crippen LogP contribution in [0.5, 0.6) is 5.75 Å². The molecule has 0 fully saturated rings. The summed E-state index contributed by atoms with van der Waals surface area (Å²) in [4.78, 5) is 9.27. The fourth-order valence-corrected chi connectivity index (χ4v) is 4.93. The van der Waals surface area contributed by atoms with Gasteiger partial charge < -0.3 is 9.30 Å². The molecule has 8 heteroatoms. The normalized spacial score (nSPS) is 15.5. The highest BCUT2D eigenvalue weighted by atomic mass is 35.5. The Labute approximate surface area is 210 Å². The number of benzene rings is 2. The van der Waals surface area contributed by atoms with E-state index >= 15 is 0 Å². The van der Waals surface area contributed by atoms with Crippen molar-refractivity contribution in [3.05, 3.63) is 76.6 Å². The Morgan fingerprint density at radius 2 is 2.03 bits per heavy atom. The Morgan fingerprint density at radius 3 is 2.71 bits per heavy atom. The van der Waals surface area contributed by atoms with Crippen LogP contribution in [0.4, 0.5) is 0 Å². The van der Waals surface area contributed by atoms with E-state index < -0.39 is 5.41 Å². The lowest BCUT2D eigenvalue weighted by molar-refractivity contribution is 0.413. The molecular formula is C27H27ClN6O. The number of nitriles is 1. The molecule has 0 amide bonds. The molecule has 3 heterocycles. The van der Waals surface area contributed by atoms with Gasteiger partial charge in [0.05, 0.1) is 36.3 Å². The quantitative estimate of drug-likeness (QED) is 0.354. The van der Waals surface area contributed by atoms with Crippen LogP contribution < -0.4 is 4.74 Å².